The zero-order chi connectivity index (χ0) is 10.4. The highest BCUT2D eigenvalue weighted by Crippen LogP contribution is 2.12. The number of ketones is 1. The second kappa shape index (κ2) is 5.22. The number of hydrogen-bond donors (Lipinski definition) is 1. The Morgan fingerprint density at radius 2 is 2.00 bits per heavy atom. The Morgan fingerprint density at radius 1 is 1.36 bits per heavy atom. The van der Waals surface area contributed by atoms with Crippen LogP contribution in [0.1, 0.15) is 30.1 Å². The van der Waals surface area contributed by atoms with Crippen LogP contribution in [0.3, 0.4) is 0 Å². The lowest BCUT2D eigenvalue weighted by Crippen LogP contribution is -2.03. The SMILES string of the molecule is CCCC(=CO)C(=O)c1ccccc1. The van der Waals surface area contributed by atoms with Gasteiger partial charge in [-0.1, -0.05) is 43.7 Å². The molecule has 0 heterocycles. The lowest BCUT2D eigenvalue weighted by molar-refractivity contribution is 0.102. The minimum absolute atomic E-state index is 0.0880. The lowest BCUT2D eigenvalue weighted by Gasteiger charge is -2.02. The van der Waals surface area contributed by atoms with Crippen molar-refractivity contribution < 1.29 is 9.90 Å². The summed E-state index contributed by atoms with van der Waals surface area (Å²) in [4.78, 5) is 11.7. The van der Waals surface area contributed by atoms with Gasteiger partial charge < -0.3 is 5.11 Å². The molecule has 0 atom stereocenters. The summed E-state index contributed by atoms with van der Waals surface area (Å²) >= 11 is 0. The molecule has 0 fully saturated rings. The van der Waals surface area contributed by atoms with E-state index in [4.69, 9.17) is 5.11 Å². The molecule has 2 heteroatoms. The van der Waals surface area contributed by atoms with Crippen molar-refractivity contribution in [1.82, 2.24) is 0 Å². The number of Topliss-reactive ketones (excluding diaryl/α,β-unsaturated/α-hetero) is 1. The van der Waals surface area contributed by atoms with E-state index in [-0.39, 0.29) is 5.78 Å². The fourth-order valence-electron chi connectivity index (χ4n) is 1.28. The quantitative estimate of drug-likeness (QED) is 0.450. The Morgan fingerprint density at radius 3 is 2.50 bits per heavy atom. The van der Waals surface area contributed by atoms with Gasteiger partial charge in [-0.25, -0.2) is 0 Å². The van der Waals surface area contributed by atoms with Crippen molar-refractivity contribution in [2.24, 2.45) is 0 Å². The zero-order valence-corrected chi connectivity index (χ0v) is 8.23. The summed E-state index contributed by atoms with van der Waals surface area (Å²) in [6, 6.07) is 8.99. The Labute approximate surface area is 83.9 Å². The van der Waals surface area contributed by atoms with E-state index >= 15 is 0 Å². The first-order chi connectivity index (χ1) is 6.79. The highest BCUT2D eigenvalue weighted by Gasteiger charge is 2.10. The summed E-state index contributed by atoms with van der Waals surface area (Å²) in [6.07, 6.45) is 2.38. The zero-order valence-electron chi connectivity index (χ0n) is 8.23. The molecular weight excluding hydrogens is 176 g/mol. The van der Waals surface area contributed by atoms with Crippen LogP contribution < -0.4 is 0 Å². The maximum absolute atomic E-state index is 11.7. The van der Waals surface area contributed by atoms with Gasteiger partial charge in [0.25, 0.3) is 0 Å². The van der Waals surface area contributed by atoms with Crippen molar-refractivity contribution in [3.8, 4) is 0 Å². The second-order valence-corrected chi connectivity index (χ2v) is 3.10. The smallest absolute Gasteiger partial charge is 0.192 e. The van der Waals surface area contributed by atoms with Gasteiger partial charge in [-0.15, -0.1) is 0 Å². The summed E-state index contributed by atoms with van der Waals surface area (Å²) in [5.41, 5.74) is 1.10. The predicted molar refractivity (Wildman–Crippen MR) is 56.4 cm³/mol. The van der Waals surface area contributed by atoms with E-state index in [9.17, 15) is 4.79 Å². The van der Waals surface area contributed by atoms with Crippen molar-refractivity contribution >= 4 is 5.78 Å². The van der Waals surface area contributed by atoms with Crippen LogP contribution in [0.15, 0.2) is 42.2 Å². The molecule has 0 amide bonds. The fourth-order valence-corrected chi connectivity index (χ4v) is 1.28. The molecule has 0 spiro atoms. The summed E-state index contributed by atoms with van der Waals surface area (Å²) in [7, 11) is 0. The molecular formula is C12H14O2. The van der Waals surface area contributed by atoms with E-state index in [1.807, 2.05) is 25.1 Å². The van der Waals surface area contributed by atoms with Gasteiger partial charge >= 0.3 is 0 Å². The van der Waals surface area contributed by atoms with Gasteiger partial charge in [-0.3, -0.25) is 4.79 Å². The van der Waals surface area contributed by atoms with Crippen LogP contribution in [0.5, 0.6) is 0 Å². The molecule has 0 saturated heterocycles. The first-order valence-corrected chi connectivity index (χ1v) is 4.72. The molecule has 1 aromatic carbocycles. The number of carbonyl (C=O) groups excluding carboxylic acids is 1. The summed E-state index contributed by atoms with van der Waals surface area (Å²) in [6.45, 7) is 1.97. The molecule has 0 saturated carbocycles. The van der Waals surface area contributed by atoms with Crippen LogP contribution >= 0.6 is 0 Å². The third kappa shape index (κ3) is 2.46. The van der Waals surface area contributed by atoms with E-state index in [1.165, 1.54) is 0 Å². The van der Waals surface area contributed by atoms with Crippen LogP contribution in [0.4, 0.5) is 0 Å². The standard InChI is InChI=1S/C12H14O2/c1-2-6-11(9-13)12(14)10-7-4-3-5-8-10/h3-5,7-9,13H,2,6H2,1H3. The topological polar surface area (TPSA) is 37.3 Å². The molecule has 74 valence electrons. The Bertz CT molecular complexity index is 325. The Kier molecular flexibility index (Phi) is 3.92. The van der Waals surface area contributed by atoms with Gasteiger partial charge in [0.15, 0.2) is 5.78 Å². The number of allylic oxidation sites excluding steroid dienone is 1. The number of benzene rings is 1. The van der Waals surface area contributed by atoms with E-state index < -0.39 is 0 Å². The molecule has 1 rings (SSSR count). The van der Waals surface area contributed by atoms with E-state index in [2.05, 4.69) is 0 Å². The first kappa shape index (κ1) is 10.5. The molecule has 0 aromatic heterocycles. The monoisotopic (exact) mass is 190 g/mol. The maximum Gasteiger partial charge on any atom is 0.192 e. The number of aliphatic hydroxyl groups excluding tert-OH is 1. The molecule has 0 unspecified atom stereocenters. The van der Waals surface area contributed by atoms with Gasteiger partial charge in [0.2, 0.25) is 0 Å². The molecule has 2 nitrogen and oxygen atoms in total. The maximum atomic E-state index is 11.7. The normalized spacial score (nSPS) is 11.4. The van der Waals surface area contributed by atoms with E-state index in [0.29, 0.717) is 17.6 Å². The Hall–Kier alpha value is -1.57. The predicted octanol–water partition coefficient (Wildman–Crippen LogP) is 3.11. The van der Waals surface area contributed by atoms with Crippen molar-refractivity contribution in [3.05, 3.63) is 47.7 Å². The van der Waals surface area contributed by atoms with Crippen LogP contribution in [-0.2, 0) is 0 Å². The minimum Gasteiger partial charge on any atom is -0.515 e. The molecule has 0 aliphatic carbocycles. The van der Waals surface area contributed by atoms with Crippen LogP contribution in [0, 0.1) is 0 Å². The Balaban J connectivity index is 2.85. The number of carbonyl (C=O) groups is 1. The number of rotatable bonds is 4. The van der Waals surface area contributed by atoms with Crippen molar-refractivity contribution in [2.45, 2.75) is 19.8 Å². The van der Waals surface area contributed by atoms with Gasteiger partial charge in [-0.2, -0.15) is 0 Å². The molecule has 1 aromatic rings. The molecule has 0 aliphatic heterocycles. The van der Waals surface area contributed by atoms with Crippen LogP contribution in [-0.4, -0.2) is 10.9 Å². The molecule has 0 radical (unpaired) electrons. The fraction of sp³-hybridized carbons (Fsp3) is 0.250. The average molecular weight is 190 g/mol. The first-order valence-electron chi connectivity index (χ1n) is 4.72. The average Bonchev–Trinajstić information content (AvgIpc) is 2.26. The molecule has 14 heavy (non-hydrogen) atoms. The number of aliphatic hydroxyl groups is 1. The van der Waals surface area contributed by atoms with Gasteiger partial charge in [0.1, 0.15) is 0 Å². The molecule has 0 aliphatic rings. The summed E-state index contributed by atoms with van der Waals surface area (Å²) in [5.74, 6) is -0.0880. The van der Waals surface area contributed by atoms with Crippen molar-refractivity contribution in [2.75, 3.05) is 0 Å². The van der Waals surface area contributed by atoms with E-state index in [1.54, 1.807) is 12.1 Å². The van der Waals surface area contributed by atoms with Gasteiger partial charge in [-0.05, 0) is 6.42 Å². The minimum atomic E-state index is -0.0880. The van der Waals surface area contributed by atoms with E-state index in [0.717, 1.165) is 12.7 Å². The highest BCUT2D eigenvalue weighted by atomic mass is 16.2. The highest BCUT2D eigenvalue weighted by molar-refractivity contribution is 6.08. The van der Waals surface area contributed by atoms with Crippen molar-refractivity contribution in [1.29, 1.82) is 0 Å². The largest absolute Gasteiger partial charge is 0.515 e. The molecule has 1 N–H and O–H groups in total. The van der Waals surface area contributed by atoms with Gasteiger partial charge in [0.05, 0.1) is 6.26 Å². The number of hydrogen-bond acceptors (Lipinski definition) is 2. The van der Waals surface area contributed by atoms with Crippen LogP contribution in [0.2, 0.25) is 0 Å². The van der Waals surface area contributed by atoms with Crippen molar-refractivity contribution in [3.63, 3.8) is 0 Å². The third-order valence-corrected chi connectivity index (χ3v) is 2.00. The second-order valence-electron chi connectivity index (χ2n) is 3.10. The van der Waals surface area contributed by atoms with Crippen LogP contribution in [0.25, 0.3) is 0 Å². The third-order valence-electron chi connectivity index (χ3n) is 2.00. The summed E-state index contributed by atoms with van der Waals surface area (Å²) < 4.78 is 0. The summed E-state index contributed by atoms with van der Waals surface area (Å²) in [5, 5.41) is 8.91. The van der Waals surface area contributed by atoms with Gasteiger partial charge in [0, 0.05) is 11.1 Å². The molecule has 0 bridgehead atoms. The lowest BCUT2D eigenvalue weighted by atomic mass is 10.0.